The summed E-state index contributed by atoms with van der Waals surface area (Å²) >= 11 is 0. The first-order valence-electron chi connectivity index (χ1n) is 15.6. The Bertz CT molecular complexity index is 1570. The Morgan fingerprint density at radius 3 is 2.72 bits per heavy atom. The molecule has 2 aromatic heterocycles. The standard InChI is InChI=1S/C34H43F2N6O4P/c1-8-11-23-17-24(14-15-42(23)29(43)9-2)45-28-18-27(44-21(4)20(3)16-22(35)19-37-7)38-31(39-28)32-40-33(46-41-32)34(5,6)30-25(36)12-10-13-26(30)47/h1,9-10,12-13,18,20-24,37H,2,11,14-17,19,47H2,3-7H3/t20-,21-,22-,23+,24-/m0/s1. The Labute approximate surface area is 277 Å². The summed E-state index contributed by atoms with van der Waals surface area (Å²) in [4.78, 5) is 27.8. The Morgan fingerprint density at radius 2 is 2.04 bits per heavy atom. The van der Waals surface area contributed by atoms with Crippen LogP contribution in [0.25, 0.3) is 11.6 Å². The van der Waals surface area contributed by atoms with Crippen LogP contribution in [0.2, 0.25) is 0 Å². The molecule has 1 N–H and O–H groups in total. The molecule has 10 nitrogen and oxygen atoms in total. The summed E-state index contributed by atoms with van der Waals surface area (Å²) in [6, 6.07) is 6.13. The van der Waals surface area contributed by atoms with Gasteiger partial charge in [0.05, 0.1) is 11.5 Å². The molecule has 1 unspecified atom stereocenters. The Hall–Kier alpha value is -3.94. The summed E-state index contributed by atoms with van der Waals surface area (Å²) in [6.45, 7) is 11.6. The van der Waals surface area contributed by atoms with E-state index in [1.807, 2.05) is 13.8 Å². The van der Waals surface area contributed by atoms with Gasteiger partial charge >= 0.3 is 0 Å². The molecule has 3 aromatic rings. The van der Waals surface area contributed by atoms with Crippen LogP contribution >= 0.6 is 9.24 Å². The van der Waals surface area contributed by atoms with Crippen LogP contribution in [0, 0.1) is 24.1 Å². The van der Waals surface area contributed by atoms with Gasteiger partial charge in [0.1, 0.15) is 24.2 Å². The van der Waals surface area contributed by atoms with Crippen LogP contribution in [0.5, 0.6) is 11.8 Å². The first-order valence-corrected chi connectivity index (χ1v) is 16.2. The van der Waals surface area contributed by atoms with E-state index in [0.29, 0.717) is 43.1 Å². The number of piperidine rings is 1. The molecule has 4 rings (SSSR count). The van der Waals surface area contributed by atoms with Gasteiger partial charge in [-0.15, -0.1) is 21.6 Å². The molecule has 47 heavy (non-hydrogen) atoms. The molecule has 0 radical (unpaired) electrons. The Morgan fingerprint density at radius 1 is 1.30 bits per heavy atom. The molecule has 3 heterocycles. The van der Waals surface area contributed by atoms with Gasteiger partial charge in [0.25, 0.3) is 0 Å². The van der Waals surface area contributed by atoms with Crippen LogP contribution in [0.3, 0.4) is 0 Å². The smallest absolute Gasteiger partial charge is 0.246 e. The number of aromatic nitrogens is 4. The molecule has 0 spiro atoms. The van der Waals surface area contributed by atoms with Crippen molar-refractivity contribution in [3.63, 3.8) is 0 Å². The number of amides is 1. The van der Waals surface area contributed by atoms with Crippen molar-refractivity contribution in [2.24, 2.45) is 5.92 Å². The SMILES string of the molecule is C#CC[C@@H]1C[C@@H](Oc2cc(O[C@@H](C)[C@@H](C)C[C@H](F)CNC)nc(-c3noc(C(C)(C)c4c(F)cccc4P)n3)n2)CCN1C(=O)C=C. The maximum absolute atomic E-state index is 14.9. The third-order valence-corrected chi connectivity index (χ3v) is 8.92. The van der Waals surface area contributed by atoms with E-state index in [4.69, 9.17) is 20.4 Å². The van der Waals surface area contributed by atoms with Crippen molar-refractivity contribution in [1.82, 2.24) is 30.3 Å². The zero-order valence-corrected chi connectivity index (χ0v) is 28.7. The monoisotopic (exact) mass is 668 g/mol. The number of terminal acetylenes is 1. The van der Waals surface area contributed by atoms with Crippen LogP contribution < -0.4 is 20.1 Å². The predicted molar refractivity (Wildman–Crippen MR) is 179 cm³/mol. The van der Waals surface area contributed by atoms with E-state index in [0.717, 1.165) is 0 Å². The van der Waals surface area contributed by atoms with Crippen molar-refractivity contribution >= 4 is 20.5 Å². The molecule has 1 fully saturated rings. The lowest BCUT2D eigenvalue weighted by Gasteiger charge is -2.38. The van der Waals surface area contributed by atoms with Gasteiger partial charge in [-0.3, -0.25) is 4.79 Å². The minimum atomic E-state index is -1.03. The van der Waals surface area contributed by atoms with Gasteiger partial charge < -0.3 is 24.2 Å². The fourth-order valence-electron chi connectivity index (χ4n) is 5.74. The second-order valence-corrected chi connectivity index (χ2v) is 13.0. The molecular weight excluding hydrogens is 625 g/mol. The first-order chi connectivity index (χ1) is 22.4. The molecule has 1 aromatic carbocycles. The number of halogens is 2. The number of alkyl halides is 1. The molecule has 1 amide bonds. The van der Waals surface area contributed by atoms with Gasteiger partial charge in [0.15, 0.2) is 0 Å². The van der Waals surface area contributed by atoms with Gasteiger partial charge in [0, 0.05) is 44.0 Å². The summed E-state index contributed by atoms with van der Waals surface area (Å²) in [5.74, 6) is 2.59. The lowest BCUT2D eigenvalue weighted by atomic mass is 9.84. The third-order valence-electron chi connectivity index (χ3n) is 8.44. The first kappa shape index (κ1) is 35.9. The van der Waals surface area contributed by atoms with Crippen LogP contribution in [-0.2, 0) is 10.2 Å². The van der Waals surface area contributed by atoms with Crippen molar-refractivity contribution in [2.75, 3.05) is 20.1 Å². The number of ether oxygens (including phenoxy) is 2. The molecule has 0 saturated carbocycles. The summed E-state index contributed by atoms with van der Waals surface area (Å²) in [7, 11) is 4.24. The van der Waals surface area contributed by atoms with Crippen molar-refractivity contribution in [1.29, 1.82) is 0 Å². The number of likely N-dealkylation sites (tertiary alicyclic amines) is 1. The fourth-order valence-corrected chi connectivity index (χ4v) is 6.35. The molecule has 0 aliphatic carbocycles. The number of benzene rings is 1. The van der Waals surface area contributed by atoms with Crippen LogP contribution in [0.15, 0.2) is 41.4 Å². The lowest BCUT2D eigenvalue weighted by Crippen LogP contribution is -2.48. The van der Waals surface area contributed by atoms with Gasteiger partial charge in [-0.25, -0.2) is 8.78 Å². The number of rotatable bonds is 14. The highest BCUT2D eigenvalue weighted by molar-refractivity contribution is 7.27. The van der Waals surface area contributed by atoms with Gasteiger partial charge in [0.2, 0.25) is 35.2 Å². The summed E-state index contributed by atoms with van der Waals surface area (Å²) in [5, 5.41) is 7.64. The number of hydrogen-bond donors (Lipinski definition) is 1. The summed E-state index contributed by atoms with van der Waals surface area (Å²) in [6.07, 6.45) is 6.80. The Kier molecular flexibility index (Phi) is 12.0. The molecule has 1 aliphatic rings. The molecule has 252 valence electrons. The average molecular weight is 669 g/mol. The van der Waals surface area contributed by atoms with E-state index in [1.54, 1.807) is 44.0 Å². The number of carbonyl (C=O) groups excluding carboxylic acids is 1. The van der Waals surface area contributed by atoms with E-state index in [9.17, 15) is 13.6 Å². The van der Waals surface area contributed by atoms with Crippen molar-refractivity contribution < 1.29 is 27.6 Å². The highest BCUT2D eigenvalue weighted by Crippen LogP contribution is 2.34. The van der Waals surface area contributed by atoms with Crippen LogP contribution in [-0.4, -0.2) is 75.5 Å². The lowest BCUT2D eigenvalue weighted by molar-refractivity contribution is -0.130. The average Bonchev–Trinajstić information content (AvgIpc) is 3.53. The normalized spacial score (nSPS) is 18.6. The van der Waals surface area contributed by atoms with Crippen LogP contribution in [0.4, 0.5) is 8.78 Å². The highest BCUT2D eigenvalue weighted by Gasteiger charge is 2.35. The molecule has 1 aliphatic heterocycles. The van der Waals surface area contributed by atoms with Gasteiger partial charge in [-0.1, -0.05) is 30.8 Å². The van der Waals surface area contributed by atoms with E-state index < -0.39 is 23.5 Å². The molecule has 6 atom stereocenters. The number of carbonyl (C=O) groups is 1. The number of nitrogens with one attached hydrogen (secondary N) is 1. The Balaban J connectivity index is 1.65. The minimum Gasteiger partial charge on any atom is -0.474 e. The predicted octanol–water partition coefficient (Wildman–Crippen LogP) is 4.79. The maximum atomic E-state index is 14.9. The van der Waals surface area contributed by atoms with Crippen molar-refractivity contribution in [3.05, 3.63) is 54.2 Å². The van der Waals surface area contributed by atoms with E-state index >= 15 is 0 Å². The molecule has 13 heteroatoms. The minimum absolute atomic E-state index is 0.0557. The number of nitrogens with zero attached hydrogens (tertiary/aromatic N) is 5. The second kappa shape index (κ2) is 15.8. The summed E-state index contributed by atoms with van der Waals surface area (Å²) in [5.41, 5.74) is -0.582. The third kappa shape index (κ3) is 8.70. The van der Waals surface area contributed by atoms with Gasteiger partial charge in [-0.05, 0) is 57.6 Å². The molecule has 0 bridgehead atoms. The zero-order valence-electron chi connectivity index (χ0n) is 27.5. The second-order valence-electron chi connectivity index (χ2n) is 12.4. The zero-order chi connectivity index (χ0) is 34.3. The molecular formula is C34H43F2N6O4P. The number of hydrogen-bond acceptors (Lipinski definition) is 9. The maximum Gasteiger partial charge on any atom is 0.246 e. The largest absolute Gasteiger partial charge is 0.474 e. The summed E-state index contributed by atoms with van der Waals surface area (Å²) < 4.78 is 47.5. The van der Waals surface area contributed by atoms with Gasteiger partial charge in [-0.2, -0.15) is 15.0 Å². The van der Waals surface area contributed by atoms with Crippen molar-refractivity contribution in [2.45, 2.75) is 83.2 Å². The quantitative estimate of drug-likeness (QED) is 0.147. The van der Waals surface area contributed by atoms with E-state index in [2.05, 4.69) is 47.2 Å². The van der Waals surface area contributed by atoms with E-state index in [-0.39, 0.29) is 59.8 Å². The topological polar surface area (TPSA) is 116 Å². The highest BCUT2D eigenvalue weighted by atomic mass is 31.0. The molecule has 1 saturated heterocycles. The fraction of sp³-hybridized carbons (Fsp3) is 0.500. The van der Waals surface area contributed by atoms with Crippen molar-refractivity contribution in [3.8, 4) is 35.8 Å². The van der Waals surface area contributed by atoms with Crippen LogP contribution in [0.1, 0.15) is 64.8 Å². The van der Waals surface area contributed by atoms with E-state index in [1.165, 1.54) is 12.1 Å².